The summed E-state index contributed by atoms with van der Waals surface area (Å²) in [6.07, 6.45) is 1.33. The Hall–Kier alpha value is -2.61. The highest BCUT2D eigenvalue weighted by molar-refractivity contribution is 7.99. The van der Waals surface area contributed by atoms with Gasteiger partial charge in [0.2, 0.25) is 5.91 Å². The molecule has 0 fully saturated rings. The van der Waals surface area contributed by atoms with Crippen molar-refractivity contribution in [3.63, 3.8) is 0 Å². The molecule has 2 rings (SSSR count). The van der Waals surface area contributed by atoms with E-state index in [-0.39, 0.29) is 11.3 Å². The summed E-state index contributed by atoms with van der Waals surface area (Å²) in [6, 6.07) is 9.75. The normalized spacial score (nSPS) is 10.0. The lowest BCUT2D eigenvalue weighted by atomic mass is 10.2. The highest BCUT2D eigenvalue weighted by atomic mass is 32.2. The Labute approximate surface area is 129 Å². The topological polar surface area (TPSA) is 85.1 Å². The van der Waals surface area contributed by atoms with Crippen LogP contribution in [0.1, 0.15) is 10.4 Å². The summed E-state index contributed by atoms with van der Waals surface area (Å²) in [5.74, 6) is -1.51. The number of halogens is 1. The first-order valence-electron chi connectivity index (χ1n) is 6.22. The summed E-state index contributed by atoms with van der Waals surface area (Å²) in [4.78, 5) is 23.3. The van der Waals surface area contributed by atoms with Gasteiger partial charge in [-0.2, -0.15) is 4.73 Å². The summed E-state index contributed by atoms with van der Waals surface area (Å²) in [5.41, 5.74) is 4.65. The van der Waals surface area contributed by atoms with Crippen LogP contribution < -0.4 is 15.6 Å². The van der Waals surface area contributed by atoms with Crippen LogP contribution in [0.25, 0.3) is 0 Å². The number of hydrazine groups is 1. The molecule has 0 unspecified atom stereocenters. The number of rotatable bonds is 4. The van der Waals surface area contributed by atoms with Crippen molar-refractivity contribution >= 4 is 23.6 Å². The van der Waals surface area contributed by atoms with Crippen LogP contribution in [0.5, 0.6) is 0 Å². The number of hydrogen-bond donors (Lipinski definition) is 2. The van der Waals surface area contributed by atoms with Gasteiger partial charge in [-0.05, 0) is 42.1 Å². The first kappa shape index (κ1) is 15.8. The maximum atomic E-state index is 12.7. The van der Waals surface area contributed by atoms with Crippen molar-refractivity contribution in [2.24, 2.45) is 0 Å². The van der Waals surface area contributed by atoms with E-state index in [1.807, 2.05) is 0 Å². The number of aromatic nitrogens is 1. The Morgan fingerprint density at radius 2 is 1.86 bits per heavy atom. The number of benzene rings is 1. The lowest BCUT2D eigenvalue weighted by molar-refractivity contribution is -0.645. The number of nitrogens with one attached hydrogen (secondary N) is 2. The van der Waals surface area contributed by atoms with Gasteiger partial charge in [-0.25, -0.2) is 4.39 Å². The molecular formula is C14H12FN3O3S. The molecule has 2 aromatic rings. The van der Waals surface area contributed by atoms with E-state index in [0.29, 0.717) is 9.76 Å². The average Bonchev–Trinajstić information content (AvgIpc) is 2.52. The monoisotopic (exact) mass is 321 g/mol. The lowest BCUT2D eigenvalue weighted by Crippen LogP contribution is -2.42. The van der Waals surface area contributed by atoms with E-state index in [9.17, 15) is 19.2 Å². The molecule has 1 aromatic heterocycles. The zero-order valence-electron chi connectivity index (χ0n) is 11.3. The first-order valence-corrected chi connectivity index (χ1v) is 7.20. The maximum Gasteiger partial charge on any atom is 0.269 e. The van der Waals surface area contributed by atoms with Crippen molar-refractivity contribution < 1.29 is 18.7 Å². The molecule has 0 saturated heterocycles. The second-order valence-electron chi connectivity index (χ2n) is 4.16. The predicted octanol–water partition coefficient (Wildman–Crippen LogP) is 1.01. The second-order valence-corrected chi connectivity index (χ2v) is 5.16. The molecule has 0 spiro atoms. The van der Waals surface area contributed by atoms with Crippen molar-refractivity contribution in [1.82, 2.24) is 10.9 Å². The molecular weight excluding hydrogens is 309 g/mol. The Balaban J connectivity index is 1.79. The number of hydrogen-bond acceptors (Lipinski definition) is 4. The van der Waals surface area contributed by atoms with Gasteiger partial charge in [-0.1, -0.05) is 0 Å². The molecule has 1 heterocycles. The van der Waals surface area contributed by atoms with Crippen LogP contribution in [0.4, 0.5) is 4.39 Å². The summed E-state index contributed by atoms with van der Waals surface area (Å²) in [6.45, 7) is 0. The summed E-state index contributed by atoms with van der Waals surface area (Å²) in [5, 5.41) is 11.8. The van der Waals surface area contributed by atoms with Crippen molar-refractivity contribution in [2.45, 2.75) is 5.03 Å². The van der Waals surface area contributed by atoms with E-state index >= 15 is 0 Å². The van der Waals surface area contributed by atoms with Crippen LogP contribution in [-0.2, 0) is 4.79 Å². The van der Waals surface area contributed by atoms with Crippen LogP contribution in [0.2, 0.25) is 0 Å². The number of carbonyl (C=O) groups excluding carboxylic acids is 2. The SMILES string of the molecule is O=C(CSc1cccc[n+]1[O-])NNC(=O)c1ccc(F)cc1. The molecule has 1 aromatic carbocycles. The smallest absolute Gasteiger partial charge is 0.269 e. The molecule has 0 atom stereocenters. The quantitative estimate of drug-likeness (QED) is 0.381. The van der Waals surface area contributed by atoms with Gasteiger partial charge in [0.15, 0.2) is 6.20 Å². The van der Waals surface area contributed by atoms with Gasteiger partial charge < -0.3 is 5.21 Å². The van der Waals surface area contributed by atoms with E-state index in [2.05, 4.69) is 10.9 Å². The first-order chi connectivity index (χ1) is 10.6. The van der Waals surface area contributed by atoms with Gasteiger partial charge in [0.05, 0.1) is 5.75 Å². The minimum Gasteiger partial charge on any atom is -0.618 e. The molecule has 22 heavy (non-hydrogen) atoms. The summed E-state index contributed by atoms with van der Waals surface area (Å²) in [7, 11) is 0. The van der Waals surface area contributed by atoms with Crippen LogP contribution >= 0.6 is 11.8 Å². The molecule has 0 aliphatic rings. The molecule has 114 valence electrons. The highest BCUT2D eigenvalue weighted by Gasteiger charge is 2.10. The van der Waals surface area contributed by atoms with E-state index < -0.39 is 17.6 Å². The number of pyridine rings is 1. The number of carbonyl (C=O) groups is 2. The minimum atomic E-state index is -0.558. The number of amides is 2. The summed E-state index contributed by atoms with van der Waals surface area (Å²) < 4.78 is 13.4. The molecule has 2 amide bonds. The molecule has 0 aliphatic carbocycles. The van der Waals surface area contributed by atoms with Gasteiger partial charge in [0.25, 0.3) is 10.9 Å². The van der Waals surface area contributed by atoms with Crippen LogP contribution in [0, 0.1) is 11.0 Å². The molecule has 0 radical (unpaired) electrons. The molecule has 0 aliphatic heterocycles. The third-order valence-electron chi connectivity index (χ3n) is 2.56. The molecule has 6 nitrogen and oxygen atoms in total. The second kappa shape index (κ2) is 7.41. The molecule has 0 saturated carbocycles. The number of thioether (sulfide) groups is 1. The molecule has 8 heteroatoms. The van der Waals surface area contributed by atoms with Gasteiger partial charge in [0, 0.05) is 17.7 Å². The van der Waals surface area contributed by atoms with Crippen molar-refractivity contribution in [1.29, 1.82) is 0 Å². The van der Waals surface area contributed by atoms with Crippen molar-refractivity contribution in [3.8, 4) is 0 Å². The van der Waals surface area contributed by atoms with Crippen molar-refractivity contribution in [3.05, 3.63) is 65.2 Å². The van der Waals surface area contributed by atoms with Gasteiger partial charge >= 0.3 is 0 Å². The highest BCUT2D eigenvalue weighted by Crippen LogP contribution is 2.11. The Bertz CT molecular complexity index is 679. The largest absolute Gasteiger partial charge is 0.618 e. The van der Waals surface area contributed by atoms with Gasteiger partial charge in [-0.3, -0.25) is 20.4 Å². The fourth-order valence-corrected chi connectivity index (χ4v) is 2.21. The molecule has 2 N–H and O–H groups in total. The van der Waals surface area contributed by atoms with Crippen LogP contribution in [-0.4, -0.2) is 17.6 Å². The predicted molar refractivity (Wildman–Crippen MR) is 78.1 cm³/mol. The maximum absolute atomic E-state index is 12.7. The number of nitrogens with zero attached hydrogens (tertiary/aromatic N) is 1. The zero-order valence-corrected chi connectivity index (χ0v) is 12.1. The minimum absolute atomic E-state index is 0.0318. The van der Waals surface area contributed by atoms with E-state index in [0.717, 1.165) is 23.9 Å². The van der Waals surface area contributed by atoms with Gasteiger partial charge in [-0.15, -0.1) is 0 Å². The fourth-order valence-electron chi connectivity index (χ4n) is 1.50. The standard InChI is InChI=1S/C14H12FN3O3S/c15-11-6-4-10(5-7-11)14(20)17-16-12(19)9-22-13-3-1-2-8-18(13)21/h1-8H,9H2,(H,16,19)(H,17,20). The average molecular weight is 321 g/mol. The van der Waals surface area contributed by atoms with Gasteiger partial charge in [0.1, 0.15) is 5.82 Å². The van der Waals surface area contributed by atoms with Crippen LogP contribution in [0.15, 0.2) is 53.7 Å². The molecule has 0 bridgehead atoms. The Morgan fingerprint density at radius 3 is 2.55 bits per heavy atom. The van der Waals surface area contributed by atoms with E-state index in [4.69, 9.17) is 0 Å². The lowest BCUT2D eigenvalue weighted by Gasteiger charge is -2.07. The zero-order chi connectivity index (χ0) is 15.9. The summed E-state index contributed by atoms with van der Waals surface area (Å²) >= 11 is 1.04. The third kappa shape index (κ3) is 4.45. The fraction of sp³-hybridized carbons (Fsp3) is 0.0714. The Morgan fingerprint density at radius 1 is 1.14 bits per heavy atom. The van der Waals surface area contributed by atoms with E-state index in [1.165, 1.54) is 18.3 Å². The Kier molecular flexibility index (Phi) is 5.31. The van der Waals surface area contributed by atoms with Crippen molar-refractivity contribution in [2.75, 3.05) is 5.75 Å². The van der Waals surface area contributed by atoms with Crippen LogP contribution in [0.3, 0.4) is 0 Å². The van der Waals surface area contributed by atoms with E-state index in [1.54, 1.807) is 18.2 Å². The third-order valence-corrected chi connectivity index (χ3v) is 3.58.